The molecule has 3 aliphatic carbocycles. The molecule has 2 atom stereocenters. The lowest BCUT2D eigenvalue weighted by Gasteiger charge is -2.55. The van der Waals surface area contributed by atoms with Crippen LogP contribution in [0.15, 0.2) is 47.1 Å². The van der Waals surface area contributed by atoms with Gasteiger partial charge in [0, 0.05) is 16.6 Å². The van der Waals surface area contributed by atoms with Crippen LogP contribution >= 0.6 is 0 Å². The lowest BCUT2D eigenvalue weighted by molar-refractivity contribution is -0.114. The number of carbonyl (C=O) groups excluding carboxylic acids is 1. The number of hydrogen-bond acceptors (Lipinski definition) is 1. The van der Waals surface area contributed by atoms with Gasteiger partial charge in [-0.3, -0.25) is 4.79 Å². The molecule has 0 aliphatic heterocycles. The molecule has 0 N–H and O–H groups in total. The molecule has 1 fully saturated rings. The lowest BCUT2D eigenvalue weighted by atomic mass is 9.48. The smallest absolute Gasteiger partial charge is 0.189 e. The van der Waals surface area contributed by atoms with E-state index in [0.29, 0.717) is 17.3 Å². The van der Waals surface area contributed by atoms with E-state index in [2.05, 4.69) is 59.4 Å². The number of rotatable bonds is 3. The summed E-state index contributed by atoms with van der Waals surface area (Å²) in [6.07, 6.45) is 13.9. The van der Waals surface area contributed by atoms with Crippen molar-refractivity contribution in [3.63, 3.8) is 0 Å². The SMILES string of the molecule is C=C1C(=O)C2=C(C=C1C(C)C)CCC1C(C)(C)CCCC21/C=C/CC.CC. The van der Waals surface area contributed by atoms with Gasteiger partial charge in [-0.2, -0.15) is 0 Å². The van der Waals surface area contributed by atoms with Crippen molar-refractivity contribution in [3.05, 3.63) is 47.1 Å². The number of ketones is 1. The van der Waals surface area contributed by atoms with Gasteiger partial charge in [0.2, 0.25) is 0 Å². The van der Waals surface area contributed by atoms with Crippen molar-refractivity contribution in [1.29, 1.82) is 0 Å². The molecule has 1 nitrogen and oxygen atoms in total. The van der Waals surface area contributed by atoms with E-state index < -0.39 is 0 Å². The minimum atomic E-state index is -0.0790. The molecule has 150 valence electrons. The first kappa shape index (κ1) is 21.9. The van der Waals surface area contributed by atoms with Crippen LogP contribution in [0.1, 0.15) is 87.0 Å². The monoisotopic (exact) mass is 368 g/mol. The van der Waals surface area contributed by atoms with Gasteiger partial charge in [-0.25, -0.2) is 0 Å². The highest BCUT2D eigenvalue weighted by atomic mass is 16.1. The highest BCUT2D eigenvalue weighted by Crippen LogP contribution is 2.62. The van der Waals surface area contributed by atoms with E-state index in [1.807, 2.05) is 13.8 Å². The highest BCUT2D eigenvalue weighted by Gasteiger charge is 2.54. The van der Waals surface area contributed by atoms with Crippen LogP contribution in [0.5, 0.6) is 0 Å². The minimum absolute atomic E-state index is 0.0790. The van der Waals surface area contributed by atoms with Crippen LogP contribution in [-0.4, -0.2) is 5.78 Å². The molecule has 0 amide bonds. The van der Waals surface area contributed by atoms with Gasteiger partial charge >= 0.3 is 0 Å². The highest BCUT2D eigenvalue weighted by molar-refractivity contribution is 6.14. The topological polar surface area (TPSA) is 17.1 Å². The van der Waals surface area contributed by atoms with Crippen LogP contribution < -0.4 is 0 Å². The largest absolute Gasteiger partial charge is 0.289 e. The predicted octanol–water partition coefficient (Wildman–Crippen LogP) is 7.60. The van der Waals surface area contributed by atoms with Gasteiger partial charge in [0.25, 0.3) is 0 Å². The van der Waals surface area contributed by atoms with Crippen molar-refractivity contribution >= 4 is 5.78 Å². The minimum Gasteiger partial charge on any atom is -0.289 e. The summed E-state index contributed by atoms with van der Waals surface area (Å²) in [5.41, 5.74) is 4.49. The number of Topliss-reactive ketones (excluding diaryl/α,β-unsaturated/α-hetero) is 1. The standard InChI is InChI=1S/C24H34O.C2H6/c1-7-8-13-24-14-9-12-23(5,6)20(24)11-10-18-15-19(16(2)3)17(4)22(25)21(18)24;1-2/h8,13,15-16,20H,4,7,9-12,14H2,1-3,5-6H3;1-2H3/b13-8+;. The fraction of sp³-hybridized carbons (Fsp3) is 0.654. The van der Waals surface area contributed by atoms with Gasteiger partial charge in [-0.15, -0.1) is 0 Å². The zero-order valence-corrected chi connectivity index (χ0v) is 18.7. The zero-order chi connectivity index (χ0) is 20.4. The van der Waals surface area contributed by atoms with E-state index in [-0.39, 0.29) is 11.2 Å². The summed E-state index contributed by atoms with van der Waals surface area (Å²) >= 11 is 0. The average molecular weight is 369 g/mol. The summed E-state index contributed by atoms with van der Waals surface area (Å²) in [6, 6.07) is 0. The quantitative estimate of drug-likeness (QED) is 0.370. The molecule has 3 rings (SSSR count). The van der Waals surface area contributed by atoms with Crippen LogP contribution in [0.25, 0.3) is 0 Å². The van der Waals surface area contributed by atoms with Crippen molar-refractivity contribution in [1.82, 2.24) is 0 Å². The third-order valence-corrected chi connectivity index (χ3v) is 6.92. The normalized spacial score (nSPS) is 29.9. The molecule has 0 aromatic rings. The Kier molecular flexibility index (Phi) is 6.77. The lowest BCUT2D eigenvalue weighted by Crippen LogP contribution is -2.48. The van der Waals surface area contributed by atoms with E-state index >= 15 is 0 Å². The van der Waals surface area contributed by atoms with Gasteiger partial charge in [0.15, 0.2) is 5.78 Å². The molecule has 0 bridgehead atoms. The molecule has 0 radical (unpaired) electrons. The zero-order valence-electron chi connectivity index (χ0n) is 18.7. The molecular weight excluding hydrogens is 328 g/mol. The molecule has 1 heteroatoms. The molecule has 0 saturated heterocycles. The number of allylic oxidation sites excluding steroid dienone is 7. The fourth-order valence-corrected chi connectivity index (χ4v) is 5.74. The number of carbonyl (C=O) groups is 1. The second kappa shape index (κ2) is 8.33. The van der Waals surface area contributed by atoms with Crippen LogP contribution in [0.4, 0.5) is 0 Å². The van der Waals surface area contributed by atoms with E-state index in [1.54, 1.807) is 0 Å². The first-order valence-electron chi connectivity index (χ1n) is 11.1. The van der Waals surface area contributed by atoms with Crippen molar-refractivity contribution in [3.8, 4) is 0 Å². The van der Waals surface area contributed by atoms with Gasteiger partial charge in [0.05, 0.1) is 0 Å². The van der Waals surface area contributed by atoms with Crippen LogP contribution in [0, 0.1) is 22.7 Å². The maximum atomic E-state index is 13.5. The maximum Gasteiger partial charge on any atom is 0.189 e. The third kappa shape index (κ3) is 3.67. The predicted molar refractivity (Wildman–Crippen MR) is 118 cm³/mol. The second-order valence-corrected chi connectivity index (χ2v) is 9.25. The molecular formula is C26H40O. The Bertz CT molecular complexity index is 683. The van der Waals surface area contributed by atoms with Crippen LogP contribution in [0.3, 0.4) is 0 Å². The Morgan fingerprint density at radius 3 is 2.52 bits per heavy atom. The number of fused-ring (bicyclic) bond motifs is 2. The average Bonchev–Trinajstić information content (AvgIpc) is 2.63. The Labute approximate surface area is 167 Å². The van der Waals surface area contributed by atoms with E-state index in [1.165, 1.54) is 24.8 Å². The fourth-order valence-electron chi connectivity index (χ4n) is 5.74. The van der Waals surface area contributed by atoms with Crippen molar-refractivity contribution in [2.75, 3.05) is 0 Å². The molecule has 2 unspecified atom stereocenters. The van der Waals surface area contributed by atoms with Crippen LogP contribution in [0.2, 0.25) is 0 Å². The first-order chi connectivity index (χ1) is 12.7. The van der Waals surface area contributed by atoms with Crippen molar-refractivity contribution < 1.29 is 4.79 Å². The third-order valence-electron chi connectivity index (χ3n) is 6.92. The van der Waals surface area contributed by atoms with Crippen molar-refractivity contribution in [2.45, 2.75) is 87.0 Å². The Balaban J connectivity index is 0.00000126. The molecule has 27 heavy (non-hydrogen) atoms. The summed E-state index contributed by atoms with van der Waals surface area (Å²) in [7, 11) is 0. The van der Waals surface area contributed by atoms with Gasteiger partial charge in [-0.1, -0.05) is 79.7 Å². The molecule has 3 aliphatic rings. The van der Waals surface area contributed by atoms with Crippen LogP contribution in [-0.2, 0) is 4.79 Å². The van der Waals surface area contributed by atoms with E-state index in [9.17, 15) is 4.79 Å². The maximum absolute atomic E-state index is 13.5. The summed E-state index contributed by atoms with van der Waals surface area (Å²) < 4.78 is 0. The Morgan fingerprint density at radius 1 is 1.26 bits per heavy atom. The number of hydrogen-bond donors (Lipinski definition) is 0. The van der Waals surface area contributed by atoms with Gasteiger partial charge < -0.3 is 0 Å². The molecule has 0 aromatic heterocycles. The van der Waals surface area contributed by atoms with E-state index in [0.717, 1.165) is 36.0 Å². The molecule has 0 spiro atoms. The van der Waals surface area contributed by atoms with Gasteiger partial charge in [0.1, 0.15) is 0 Å². The summed E-state index contributed by atoms with van der Waals surface area (Å²) in [5.74, 6) is 1.14. The first-order valence-corrected chi connectivity index (χ1v) is 11.1. The Hall–Kier alpha value is -1.37. The second-order valence-electron chi connectivity index (χ2n) is 9.25. The van der Waals surface area contributed by atoms with E-state index in [4.69, 9.17) is 0 Å². The van der Waals surface area contributed by atoms with Crippen molar-refractivity contribution in [2.24, 2.45) is 22.7 Å². The van der Waals surface area contributed by atoms with Gasteiger partial charge in [-0.05, 0) is 60.5 Å². The Morgan fingerprint density at radius 2 is 1.93 bits per heavy atom. The summed E-state index contributed by atoms with van der Waals surface area (Å²) in [4.78, 5) is 13.5. The molecule has 1 saturated carbocycles. The molecule has 0 aromatic carbocycles. The molecule has 0 heterocycles. The summed E-state index contributed by atoms with van der Waals surface area (Å²) in [5, 5.41) is 0. The summed E-state index contributed by atoms with van der Waals surface area (Å²) in [6.45, 7) is 19.5.